The van der Waals surface area contributed by atoms with E-state index in [4.69, 9.17) is 14.1 Å². The number of para-hydroxylation sites is 1. The second-order valence-corrected chi connectivity index (χ2v) is 5.91. The summed E-state index contributed by atoms with van der Waals surface area (Å²) in [5.41, 5.74) is 3.00. The van der Waals surface area contributed by atoms with Gasteiger partial charge >= 0.3 is 5.97 Å². The molecule has 0 aliphatic rings. The highest BCUT2D eigenvalue weighted by atomic mass is 16.5. The highest BCUT2D eigenvalue weighted by Gasteiger charge is 2.20. The second kappa shape index (κ2) is 7.49. The number of carbonyl (C=O) groups excluding carboxylic acids is 1. The van der Waals surface area contributed by atoms with E-state index in [9.17, 15) is 4.79 Å². The number of benzene rings is 1. The first-order valence-corrected chi connectivity index (χ1v) is 8.44. The number of esters is 1. The van der Waals surface area contributed by atoms with E-state index < -0.39 is 0 Å². The van der Waals surface area contributed by atoms with Crippen molar-refractivity contribution in [3.8, 4) is 0 Å². The van der Waals surface area contributed by atoms with Crippen molar-refractivity contribution in [2.24, 2.45) is 0 Å². The fourth-order valence-corrected chi connectivity index (χ4v) is 2.93. The Hall–Kier alpha value is -2.66. The molecule has 0 aliphatic carbocycles. The van der Waals surface area contributed by atoms with Crippen molar-refractivity contribution in [2.45, 2.75) is 33.4 Å². The number of furan rings is 1. The summed E-state index contributed by atoms with van der Waals surface area (Å²) in [6.07, 6.45) is 1.65. The number of carbonyl (C=O) groups is 1. The zero-order valence-electron chi connectivity index (χ0n) is 14.7. The lowest BCUT2D eigenvalue weighted by molar-refractivity contribution is 0.0523. The van der Waals surface area contributed by atoms with Gasteiger partial charge in [0.25, 0.3) is 0 Å². The molecule has 0 bridgehead atoms. The number of nitrogens with zero attached hydrogens (tertiary/aromatic N) is 1. The number of ether oxygens (including phenoxy) is 1. The summed E-state index contributed by atoms with van der Waals surface area (Å²) in [5.74, 6) is 0.510. The van der Waals surface area contributed by atoms with Gasteiger partial charge in [0.2, 0.25) is 0 Å². The van der Waals surface area contributed by atoms with Gasteiger partial charge in [0.15, 0.2) is 0 Å². The van der Waals surface area contributed by atoms with Crippen LogP contribution in [0.3, 0.4) is 0 Å². The molecule has 2 aromatic heterocycles. The summed E-state index contributed by atoms with van der Waals surface area (Å²) in [7, 11) is 0. The van der Waals surface area contributed by atoms with Gasteiger partial charge in [-0.2, -0.15) is 0 Å². The third kappa shape index (κ3) is 3.56. The molecule has 0 saturated heterocycles. The molecule has 0 saturated carbocycles. The zero-order valence-corrected chi connectivity index (χ0v) is 14.7. The molecule has 3 aromatic rings. The Morgan fingerprint density at radius 1 is 1.28 bits per heavy atom. The van der Waals surface area contributed by atoms with Crippen LogP contribution < -0.4 is 5.32 Å². The highest BCUT2D eigenvalue weighted by Crippen LogP contribution is 2.24. The van der Waals surface area contributed by atoms with Crippen LogP contribution in [0.1, 0.15) is 47.3 Å². The molecule has 0 spiro atoms. The Morgan fingerprint density at radius 3 is 2.80 bits per heavy atom. The Labute approximate surface area is 147 Å². The number of hydrogen-bond acceptors (Lipinski definition) is 5. The molecule has 5 heteroatoms. The molecule has 0 radical (unpaired) electrons. The number of aromatic nitrogens is 1. The van der Waals surface area contributed by atoms with Crippen molar-refractivity contribution >= 4 is 16.9 Å². The third-order valence-corrected chi connectivity index (χ3v) is 4.25. The monoisotopic (exact) mass is 338 g/mol. The second-order valence-electron chi connectivity index (χ2n) is 5.91. The molecule has 1 N–H and O–H groups in total. The maximum atomic E-state index is 12.5. The molecule has 0 unspecified atom stereocenters. The Bertz CT molecular complexity index is 872. The zero-order chi connectivity index (χ0) is 17.8. The Balaban J connectivity index is 1.96. The largest absolute Gasteiger partial charge is 0.468 e. The van der Waals surface area contributed by atoms with Gasteiger partial charge in [-0.25, -0.2) is 4.79 Å². The summed E-state index contributed by atoms with van der Waals surface area (Å²) < 4.78 is 10.7. The maximum absolute atomic E-state index is 12.5. The van der Waals surface area contributed by atoms with Gasteiger partial charge in [0.05, 0.1) is 35.7 Å². The minimum absolute atomic E-state index is 0.0126. The molecule has 130 valence electrons. The lowest BCUT2D eigenvalue weighted by atomic mass is 10.0. The number of hydrogen-bond donors (Lipinski definition) is 1. The first-order chi connectivity index (χ1) is 12.1. The van der Waals surface area contributed by atoms with E-state index in [1.54, 1.807) is 13.2 Å². The van der Waals surface area contributed by atoms with E-state index in [1.807, 2.05) is 50.2 Å². The predicted molar refractivity (Wildman–Crippen MR) is 96.4 cm³/mol. The lowest BCUT2D eigenvalue weighted by Gasteiger charge is -2.16. The van der Waals surface area contributed by atoms with Crippen LogP contribution in [0.2, 0.25) is 0 Å². The molecule has 5 nitrogen and oxygen atoms in total. The summed E-state index contributed by atoms with van der Waals surface area (Å²) >= 11 is 0. The standard InChI is InChI=1S/C20H22N2O3/c1-4-24-20(23)19-13(2)15-8-5-6-9-16(15)22-17(19)12-21-14(3)18-10-7-11-25-18/h5-11,14,21H,4,12H2,1-3H3/t14-/m0/s1. The average molecular weight is 338 g/mol. The van der Waals surface area contributed by atoms with Gasteiger partial charge in [-0.3, -0.25) is 4.98 Å². The van der Waals surface area contributed by atoms with Crippen molar-refractivity contribution in [3.63, 3.8) is 0 Å². The minimum atomic E-state index is -0.333. The molecular formula is C20H22N2O3. The van der Waals surface area contributed by atoms with Crippen LogP contribution in [-0.4, -0.2) is 17.6 Å². The van der Waals surface area contributed by atoms with E-state index >= 15 is 0 Å². The van der Waals surface area contributed by atoms with Gasteiger partial charge < -0.3 is 14.5 Å². The van der Waals surface area contributed by atoms with Crippen LogP contribution in [0.4, 0.5) is 0 Å². The highest BCUT2D eigenvalue weighted by molar-refractivity contribution is 5.98. The van der Waals surface area contributed by atoms with Gasteiger partial charge in [-0.05, 0) is 44.5 Å². The molecule has 25 heavy (non-hydrogen) atoms. The number of nitrogens with one attached hydrogen (secondary N) is 1. The molecule has 1 aromatic carbocycles. The summed E-state index contributed by atoms with van der Waals surface area (Å²) in [4.78, 5) is 17.2. The van der Waals surface area contributed by atoms with Crippen molar-refractivity contribution < 1.29 is 13.9 Å². The fraction of sp³-hybridized carbons (Fsp3) is 0.300. The lowest BCUT2D eigenvalue weighted by Crippen LogP contribution is -2.22. The van der Waals surface area contributed by atoms with E-state index in [0.29, 0.717) is 24.4 Å². The minimum Gasteiger partial charge on any atom is -0.468 e. The first-order valence-electron chi connectivity index (χ1n) is 8.44. The van der Waals surface area contributed by atoms with Crippen LogP contribution in [0.15, 0.2) is 47.1 Å². The van der Waals surface area contributed by atoms with Crippen molar-refractivity contribution in [1.82, 2.24) is 10.3 Å². The van der Waals surface area contributed by atoms with E-state index in [0.717, 1.165) is 22.2 Å². The maximum Gasteiger partial charge on any atom is 0.340 e. The van der Waals surface area contributed by atoms with Crippen LogP contribution in [0.5, 0.6) is 0 Å². The van der Waals surface area contributed by atoms with Crippen molar-refractivity contribution in [1.29, 1.82) is 0 Å². The number of fused-ring (bicyclic) bond motifs is 1. The van der Waals surface area contributed by atoms with Crippen LogP contribution >= 0.6 is 0 Å². The summed E-state index contributed by atoms with van der Waals surface area (Å²) in [6, 6.07) is 11.6. The molecule has 2 heterocycles. The Kier molecular flexibility index (Phi) is 5.14. The number of aryl methyl sites for hydroxylation is 1. The van der Waals surface area contributed by atoms with Gasteiger partial charge in [-0.15, -0.1) is 0 Å². The molecule has 3 rings (SSSR count). The molecule has 1 atom stereocenters. The predicted octanol–water partition coefficient (Wildman–Crippen LogP) is 4.16. The van der Waals surface area contributed by atoms with E-state index in [-0.39, 0.29) is 12.0 Å². The van der Waals surface area contributed by atoms with E-state index in [2.05, 4.69) is 5.32 Å². The SMILES string of the molecule is CCOC(=O)c1c(CN[C@@H](C)c2ccco2)nc2ccccc2c1C. The van der Waals surface area contributed by atoms with Crippen molar-refractivity contribution in [3.05, 3.63) is 65.2 Å². The van der Waals surface area contributed by atoms with Gasteiger partial charge in [0.1, 0.15) is 5.76 Å². The van der Waals surface area contributed by atoms with Crippen LogP contribution in [0.25, 0.3) is 10.9 Å². The van der Waals surface area contributed by atoms with Gasteiger partial charge in [-0.1, -0.05) is 18.2 Å². The molecule has 0 fully saturated rings. The average Bonchev–Trinajstić information content (AvgIpc) is 3.14. The van der Waals surface area contributed by atoms with Crippen LogP contribution in [-0.2, 0) is 11.3 Å². The molecule has 0 amide bonds. The fourth-order valence-electron chi connectivity index (χ4n) is 2.93. The van der Waals surface area contributed by atoms with Crippen molar-refractivity contribution in [2.75, 3.05) is 6.61 Å². The molecule has 0 aliphatic heterocycles. The quantitative estimate of drug-likeness (QED) is 0.684. The number of rotatable bonds is 6. The van der Waals surface area contributed by atoms with E-state index in [1.165, 1.54) is 0 Å². The normalized spacial score (nSPS) is 12.3. The smallest absolute Gasteiger partial charge is 0.340 e. The summed E-state index contributed by atoms with van der Waals surface area (Å²) in [5, 5.41) is 4.33. The summed E-state index contributed by atoms with van der Waals surface area (Å²) in [6.45, 7) is 6.54. The Morgan fingerprint density at radius 2 is 2.08 bits per heavy atom. The van der Waals surface area contributed by atoms with Crippen LogP contribution in [0, 0.1) is 6.92 Å². The first kappa shape index (κ1) is 17.2. The topological polar surface area (TPSA) is 64.4 Å². The van der Waals surface area contributed by atoms with Gasteiger partial charge in [0, 0.05) is 11.9 Å². The molecular weight excluding hydrogens is 316 g/mol. The third-order valence-electron chi connectivity index (χ3n) is 4.25. The number of pyridine rings is 1.